The summed E-state index contributed by atoms with van der Waals surface area (Å²) in [6.07, 6.45) is 1.68. The number of hydrogen-bond acceptors (Lipinski definition) is 4. The number of fused-ring (bicyclic) bond motifs is 1. The number of carbonyl (C=O) groups excluding carboxylic acids is 2. The van der Waals surface area contributed by atoms with Crippen LogP contribution in [0.3, 0.4) is 0 Å². The van der Waals surface area contributed by atoms with Crippen molar-refractivity contribution in [1.29, 1.82) is 0 Å². The molecule has 0 aliphatic carbocycles. The summed E-state index contributed by atoms with van der Waals surface area (Å²) in [5, 5.41) is 14.1. The number of aliphatic hydroxyl groups is 1. The van der Waals surface area contributed by atoms with Crippen LogP contribution in [0.15, 0.2) is 65.7 Å². The third-order valence-electron chi connectivity index (χ3n) is 6.21. The minimum absolute atomic E-state index is 0.114. The lowest BCUT2D eigenvalue weighted by Crippen LogP contribution is -2.29. The molecule has 160 valence electrons. The highest BCUT2D eigenvalue weighted by atomic mass is 32.1. The Morgan fingerprint density at radius 1 is 1.00 bits per heavy atom. The first-order chi connectivity index (χ1) is 15.4. The maximum absolute atomic E-state index is 13.3. The highest BCUT2D eigenvalue weighted by Gasteiger charge is 2.48. The van der Waals surface area contributed by atoms with Crippen molar-refractivity contribution in [3.63, 3.8) is 0 Å². The van der Waals surface area contributed by atoms with E-state index in [0.29, 0.717) is 11.3 Å². The summed E-state index contributed by atoms with van der Waals surface area (Å²) in [4.78, 5) is 32.1. The maximum Gasteiger partial charge on any atom is 0.300 e. The molecule has 0 radical (unpaired) electrons. The number of aromatic amines is 1. The van der Waals surface area contributed by atoms with E-state index in [1.165, 1.54) is 16.2 Å². The van der Waals surface area contributed by atoms with Crippen LogP contribution < -0.4 is 4.90 Å². The first-order valence-electron chi connectivity index (χ1n) is 10.4. The standard InChI is InChI=1S/C26H22N2O3S/c1-14-8-9-17(12-16(14)3)28-22(25-15(2)10-11-32-25)21(24(30)26(28)31)23(29)19-13-27-20-7-5-4-6-18(19)20/h4-13,22,27,29H,1-3H3/b23-21+. The highest BCUT2D eigenvalue weighted by molar-refractivity contribution is 7.10. The van der Waals surface area contributed by atoms with E-state index in [9.17, 15) is 14.7 Å². The molecule has 6 heteroatoms. The number of nitrogens with one attached hydrogen (secondary N) is 1. The fourth-order valence-corrected chi connectivity index (χ4v) is 5.32. The van der Waals surface area contributed by atoms with Gasteiger partial charge in [-0.3, -0.25) is 14.5 Å². The molecule has 4 aromatic rings. The van der Waals surface area contributed by atoms with Gasteiger partial charge >= 0.3 is 0 Å². The molecular formula is C26H22N2O3S. The molecule has 5 nitrogen and oxygen atoms in total. The number of aliphatic hydroxyl groups excluding tert-OH is 1. The second-order valence-electron chi connectivity index (χ2n) is 8.15. The van der Waals surface area contributed by atoms with Crippen LogP contribution in [-0.2, 0) is 9.59 Å². The molecule has 1 atom stereocenters. The normalized spacial score (nSPS) is 18.1. The van der Waals surface area contributed by atoms with Crippen LogP contribution in [0, 0.1) is 20.8 Å². The topological polar surface area (TPSA) is 73.4 Å². The molecule has 1 saturated heterocycles. The van der Waals surface area contributed by atoms with E-state index >= 15 is 0 Å². The zero-order valence-electron chi connectivity index (χ0n) is 18.0. The van der Waals surface area contributed by atoms with E-state index in [1.54, 1.807) is 6.20 Å². The van der Waals surface area contributed by atoms with E-state index in [1.807, 2.05) is 74.7 Å². The number of aromatic nitrogens is 1. The SMILES string of the molecule is Cc1ccc(N2C(=O)C(=O)/C(=C(/O)c3c[nH]c4ccccc34)C2c2sccc2C)cc1C. The molecule has 2 aromatic heterocycles. The Hall–Kier alpha value is -3.64. The van der Waals surface area contributed by atoms with Gasteiger partial charge in [0.05, 0.1) is 5.57 Å². The zero-order valence-corrected chi connectivity index (χ0v) is 18.8. The Balaban J connectivity index is 1.77. The van der Waals surface area contributed by atoms with Gasteiger partial charge in [-0.2, -0.15) is 0 Å². The first-order valence-corrected chi connectivity index (χ1v) is 11.2. The monoisotopic (exact) mass is 442 g/mol. The van der Waals surface area contributed by atoms with Gasteiger partial charge in [0.1, 0.15) is 11.8 Å². The molecule has 1 aliphatic rings. The maximum atomic E-state index is 13.3. The second kappa shape index (κ2) is 7.50. The average Bonchev–Trinajstić information content (AvgIpc) is 3.46. The Morgan fingerprint density at radius 2 is 1.78 bits per heavy atom. The van der Waals surface area contributed by atoms with E-state index in [-0.39, 0.29) is 11.3 Å². The third-order valence-corrected chi connectivity index (χ3v) is 7.28. The summed E-state index contributed by atoms with van der Waals surface area (Å²) >= 11 is 1.48. The number of amides is 1. The van der Waals surface area contributed by atoms with E-state index in [2.05, 4.69) is 4.98 Å². The smallest absolute Gasteiger partial charge is 0.300 e. The fraction of sp³-hybridized carbons (Fsp3) is 0.154. The number of hydrogen-bond donors (Lipinski definition) is 2. The molecule has 1 aliphatic heterocycles. The van der Waals surface area contributed by atoms with Gasteiger partial charge in [0.2, 0.25) is 0 Å². The summed E-state index contributed by atoms with van der Waals surface area (Å²) in [5.74, 6) is -1.47. The molecule has 2 N–H and O–H groups in total. The van der Waals surface area contributed by atoms with Gasteiger partial charge in [0, 0.05) is 33.2 Å². The number of benzene rings is 2. The van der Waals surface area contributed by atoms with E-state index < -0.39 is 17.7 Å². The number of rotatable bonds is 3. The summed E-state index contributed by atoms with van der Waals surface area (Å²) in [5.41, 5.74) is 5.23. The predicted molar refractivity (Wildman–Crippen MR) is 128 cm³/mol. The number of H-pyrrole nitrogens is 1. The molecule has 5 rings (SSSR count). The van der Waals surface area contributed by atoms with Crippen molar-refractivity contribution < 1.29 is 14.7 Å². The molecule has 1 fully saturated rings. The number of para-hydroxylation sites is 1. The molecule has 1 unspecified atom stereocenters. The van der Waals surface area contributed by atoms with Crippen LogP contribution in [0.2, 0.25) is 0 Å². The predicted octanol–water partition coefficient (Wildman–Crippen LogP) is 5.78. The Labute approximate surface area is 189 Å². The third kappa shape index (κ3) is 2.99. The minimum atomic E-state index is -0.689. The average molecular weight is 443 g/mol. The summed E-state index contributed by atoms with van der Waals surface area (Å²) in [6.45, 7) is 5.94. The van der Waals surface area contributed by atoms with Gasteiger partial charge in [0.25, 0.3) is 11.7 Å². The molecular weight excluding hydrogens is 420 g/mol. The van der Waals surface area contributed by atoms with Gasteiger partial charge in [-0.15, -0.1) is 11.3 Å². The van der Waals surface area contributed by atoms with Gasteiger partial charge < -0.3 is 10.1 Å². The van der Waals surface area contributed by atoms with Crippen LogP contribution in [0.5, 0.6) is 0 Å². The number of carbonyl (C=O) groups is 2. The number of thiophene rings is 1. The van der Waals surface area contributed by atoms with Crippen LogP contribution >= 0.6 is 11.3 Å². The zero-order chi connectivity index (χ0) is 22.6. The quantitative estimate of drug-likeness (QED) is 0.240. The van der Waals surface area contributed by atoms with Gasteiger partial charge in [-0.05, 0) is 67.1 Å². The van der Waals surface area contributed by atoms with Crippen molar-refractivity contribution in [2.24, 2.45) is 0 Å². The number of anilines is 1. The van der Waals surface area contributed by atoms with Gasteiger partial charge in [0.15, 0.2) is 0 Å². The van der Waals surface area contributed by atoms with E-state index in [4.69, 9.17) is 0 Å². The summed E-state index contributed by atoms with van der Waals surface area (Å²) < 4.78 is 0. The number of aryl methyl sites for hydroxylation is 3. The molecule has 0 spiro atoms. The minimum Gasteiger partial charge on any atom is -0.507 e. The van der Waals surface area contributed by atoms with Gasteiger partial charge in [-0.1, -0.05) is 24.3 Å². The highest BCUT2D eigenvalue weighted by Crippen LogP contribution is 2.45. The van der Waals surface area contributed by atoms with Crippen molar-refractivity contribution in [3.05, 3.63) is 92.8 Å². The van der Waals surface area contributed by atoms with Crippen molar-refractivity contribution >= 4 is 45.4 Å². The van der Waals surface area contributed by atoms with Crippen molar-refractivity contribution in [3.8, 4) is 0 Å². The summed E-state index contributed by atoms with van der Waals surface area (Å²) in [6, 6.07) is 14.6. The van der Waals surface area contributed by atoms with Crippen molar-refractivity contribution in [2.75, 3.05) is 4.90 Å². The Bertz CT molecular complexity index is 1430. The summed E-state index contributed by atoms with van der Waals surface area (Å²) in [7, 11) is 0. The first kappa shape index (κ1) is 20.3. The van der Waals surface area contributed by atoms with Crippen molar-refractivity contribution in [2.45, 2.75) is 26.8 Å². The largest absolute Gasteiger partial charge is 0.507 e. The van der Waals surface area contributed by atoms with E-state index in [0.717, 1.165) is 32.5 Å². The molecule has 1 amide bonds. The fourth-order valence-electron chi connectivity index (χ4n) is 4.30. The number of Topliss-reactive ketones (excluding diaryl/α,β-unsaturated/α-hetero) is 1. The van der Waals surface area contributed by atoms with Crippen LogP contribution in [0.25, 0.3) is 16.7 Å². The van der Waals surface area contributed by atoms with Crippen LogP contribution in [-0.4, -0.2) is 21.8 Å². The molecule has 2 aromatic carbocycles. The Morgan fingerprint density at radius 3 is 2.50 bits per heavy atom. The molecule has 32 heavy (non-hydrogen) atoms. The lowest BCUT2D eigenvalue weighted by Gasteiger charge is -2.25. The number of nitrogens with zero attached hydrogens (tertiary/aromatic N) is 1. The van der Waals surface area contributed by atoms with Crippen LogP contribution in [0.4, 0.5) is 5.69 Å². The lowest BCUT2D eigenvalue weighted by atomic mass is 9.98. The molecule has 3 heterocycles. The van der Waals surface area contributed by atoms with Crippen molar-refractivity contribution in [1.82, 2.24) is 4.98 Å². The number of ketones is 1. The van der Waals surface area contributed by atoms with Gasteiger partial charge in [-0.25, -0.2) is 0 Å². The molecule has 0 bridgehead atoms. The Kier molecular flexibility index (Phi) is 4.75. The second-order valence-corrected chi connectivity index (χ2v) is 9.10. The lowest BCUT2D eigenvalue weighted by molar-refractivity contribution is -0.132. The van der Waals surface area contributed by atoms with Crippen LogP contribution in [0.1, 0.15) is 33.2 Å². The molecule has 0 saturated carbocycles.